The lowest BCUT2D eigenvalue weighted by Crippen LogP contribution is -1.92. The van der Waals surface area contributed by atoms with E-state index in [1.807, 2.05) is 26.0 Å². The molecule has 0 N–H and O–H groups in total. The molecule has 0 aromatic carbocycles. The second-order valence-electron chi connectivity index (χ2n) is 2.84. The van der Waals surface area contributed by atoms with Crippen molar-refractivity contribution in [1.29, 1.82) is 5.26 Å². The molecule has 0 saturated heterocycles. The first-order valence-corrected chi connectivity index (χ1v) is 4.09. The Kier molecular flexibility index (Phi) is 2.67. The van der Waals surface area contributed by atoms with Gasteiger partial charge in [-0.3, -0.25) is 0 Å². The van der Waals surface area contributed by atoms with Crippen LogP contribution in [0.4, 0.5) is 0 Å². The smallest absolute Gasteiger partial charge is 0.142 e. The Hall–Kier alpha value is -1.07. The van der Waals surface area contributed by atoms with Crippen LogP contribution < -0.4 is 0 Å². The minimum Gasteiger partial charge on any atom is -0.225 e. The van der Waals surface area contributed by atoms with Crippen LogP contribution in [-0.4, -0.2) is 4.98 Å². The van der Waals surface area contributed by atoms with Crippen LogP contribution in [0.25, 0.3) is 0 Å². The molecule has 1 aromatic rings. The molecule has 0 aliphatic rings. The summed E-state index contributed by atoms with van der Waals surface area (Å²) in [6.45, 7) is 4.07. The molecule has 0 atom stereocenters. The van der Waals surface area contributed by atoms with E-state index >= 15 is 0 Å². The predicted octanol–water partition coefficient (Wildman–Crippen LogP) is 2.73. The topological polar surface area (TPSA) is 36.7 Å². The molecular weight excluding hydrogens is 172 g/mol. The van der Waals surface area contributed by atoms with Gasteiger partial charge in [0.25, 0.3) is 0 Å². The quantitative estimate of drug-likeness (QED) is 0.624. The van der Waals surface area contributed by atoms with E-state index in [2.05, 4.69) is 4.98 Å². The number of halogens is 1. The third kappa shape index (κ3) is 1.75. The highest BCUT2D eigenvalue weighted by molar-refractivity contribution is 6.30. The number of aromatic nitrogens is 1. The number of hydrogen-bond acceptors (Lipinski definition) is 2. The van der Waals surface area contributed by atoms with E-state index in [0.29, 0.717) is 16.8 Å². The zero-order chi connectivity index (χ0) is 9.14. The summed E-state index contributed by atoms with van der Waals surface area (Å²) < 4.78 is 0. The van der Waals surface area contributed by atoms with Crippen molar-refractivity contribution >= 4 is 11.6 Å². The van der Waals surface area contributed by atoms with Gasteiger partial charge < -0.3 is 0 Å². The van der Waals surface area contributed by atoms with Gasteiger partial charge in [0.2, 0.25) is 0 Å². The van der Waals surface area contributed by atoms with Crippen LogP contribution in [0, 0.1) is 11.3 Å². The number of rotatable bonds is 1. The second kappa shape index (κ2) is 3.55. The number of nitrogens with zero attached hydrogens (tertiary/aromatic N) is 2. The molecule has 0 saturated carbocycles. The summed E-state index contributed by atoms with van der Waals surface area (Å²) in [5.74, 6) is 0.345. The molecule has 62 valence electrons. The maximum absolute atomic E-state index is 8.52. The molecule has 0 amide bonds. The van der Waals surface area contributed by atoms with E-state index in [1.54, 1.807) is 6.07 Å². The number of hydrogen-bond donors (Lipinski definition) is 0. The van der Waals surface area contributed by atoms with Gasteiger partial charge in [0.15, 0.2) is 0 Å². The van der Waals surface area contributed by atoms with E-state index < -0.39 is 0 Å². The first-order chi connectivity index (χ1) is 5.65. The van der Waals surface area contributed by atoms with Gasteiger partial charge >= 0.3 is 0 Å². The molecule has 1 aromatic heterocycles. The Bertz CT molecular complexity index is 326. The first-order valence-electron chi connectivity index (χ1n) is 3.71. The zero-order valence-corrected chi connectivity index (χ0v) is 7.76. The maximum Gasteiger partial charge on any atom is 0.142 e. The predicted molar refractivity (Wildman–Crippen MR) is 48.1 cm³/mol. The van der Waals surface area contributed by atoms with Crippen molar-refractivity contribution in [2.75, 3.05) is 0 Å². The second-order valence-corrected chi connectivity index (χ2v) is 3.20. The van der Waals surface area contributed by atoms with Crippen LogP contribution in [0.3, 0.4) is 0 Å². The van der Waals surface area contributed by atoms with Crippen molar-refractivity contribution in [3.63, 3.8) is 0 Å². The molecule has 3 heteroatoms. The fourth-order valence-corrected chi connectivity index (χ4v) is 1.31. The minimum atomic E-state index is 0.345. The van der Waals surface area contributed by atoms with Gasteiger partial charge in [0.1, 0.15) is 16.9 Å². The van der Waals surface area contributed by atoms with Crippen LogP contribution in [0.5, 0.6) is 0 Å². The van der Waals surface area contributed by atoms with E-state index in [4.69, 9.17) is 16.9 Å². The van der Waals surface area contributed by atoms with E-state index in [1.165, 1.54) is 0 Å². The van der Waals surface area contributed by atoms with Crippen LogP contribution in [0.1, 0.15) is 31.0 Å². The molecular formula is C9H9ClN2. The molecule has 0 bridgehead atoms. The van der Waals surface area contributed by atoms with Gasteiger partial charge in [-0.05, 0) is 17.5 Å². The monoisotopic (exact) mass is 180 g/mol. The van der Waals surface area contributed by atoms with Gasteiger partial charge in [-0.2, -0.15) is 5.26 Å². The molecule has 12 heavy (non-hydrogen) atoms. The molecule has 0 radical (unpaired) electrons. The van der Waals surface area contributed by atoms with E-state index in [-0.39, 0.29) is 0 Å². The summed E-state index contributed by atoms with van der Waals surface area (Å²) >= 11 is 5.84. The van der Waals surface area contributed by atoms with Crippen molar-refractivity contribution in [1.82, 2.24) is 4.98 Å². The summed E-state index contributed by atoms with van der Waals surface area (Å²) in [6.07, 6.45) is 0. The fourth-order valence-electron chi connectivity index (χ4n) is 0.938. The molecule has 0 aliphatic heterocycles. The van der Waals surface area contributed by atoms with Crippen LogP contribution in [0.2, 0.25) is 5.15 Å². The molecule has 0 fully saturated rings. The average molecular weight is 181 g/mol. The highest BCUT2D eigenvalue weighted by Crippen LogP contribution is 2.21. The summed E-state index contributed by atoms with van der Waals surface area (Å²) in [7, 11) is 0. The van der Waals surface area contributed by atoms with Gasteiger partial charge in [0.05, 0.1) is 0 Å². The molecule has 1 rings (SSSR count). The molecule has 2 nitrogen and oxygen atoms in total. The Labute approximate surface area is 76.8 Å². The Balaban J connectivity index is 3.14. The number of nitriles is 1. The van der Waals surface area contributed by atoms with Gasteiger partial charge in [-0.1, -0.05) is 31.5 Å². The van der Waals surface area contributed by atoms with Crippen molar-refractivity contribution in [3.05, 3.63) is 28.5 Å². The van der Waals surface area contributed by atoms with Crippen LogP contribution in [-0.2, 0) is 0 Å². The van der Waals surface area contributed by atoms with Crippen molar-refractivity contribution in [3.8, 4) is 6.07 Å². The summed E-state index contributed by atoms with van der Waals surface area (Å²) in [5.41, 5.74) is 1.35. The van der Waals surface area contributed by atoms with E-state index in [0.717, 1.165) is 5.56 Å². The molecule has 0 aliphatic carbocycles. The lowest BCUT2D eigenvalue weighted by Gasteiger charge is -2.05. The molecule has 1 heterocycles. The maximum atomic E-state index is 8.52. The lowest BCUT2D eigenvalue weighted by atomic mass is 10.1. The van der Waals surface area contributed by atoms with E-state index in [9.17, 15) is 0 Å². The standard InChI is InChI=1S/C9H9ClN2/c1-6(2)8-4-3-7(5-11)12-9(8)10/h3-4,6H,1-2H3. The third-order valence-electron chi connectivity index (χ3n) is 1.61. The fraction of sp³-hybridized carbons (Fsp3) is 0.333. The molecule has 0 unspecified atom stereocenters. The normalized spacial score (nSPS) is 9.92. The van der Waals surface area contributed by atoms with Crippen LogP contribution in [0.15, 0.2) is 12.1 Å². The lowest BCUT2D eigenvalue weighted by molar-refractivity contribution is 0.857. The Morgan fingerprint density at radius 2 is 2.17 bits per heavy atom. The third-order valence-corrected chi connectivity index (χ3v) is 1.92. The summed E-state index contributed by atoms with van der Waals surface area (Å²) in [4.78, 5) is 3.92. The number of pyridine rings is 1. The van der Waals surface area contributed by atoms with Gasteiger partial charge in [0, 0.05) is 0 Å². The van der Waals surface area contributed by atoms with Crippen molar-refractivity contribution in [2.24, 2.45) is 0 Å². The Morgan fingerprint density at radius 1 is 1.50 bits per heavy atom. The summed E-state index contributed by atoms with van der Waals surface area (Å²) in [6, 6.07) is 5.47. The summed E-state index contributed by atoms with van der Waals surface area (Å²) in [5, 5.41) is 8.95. The highest BCUT2D eigenvalue weighted by atomic mass is 35.5. The average Bonchev–Trinajstić information content (AvgIpc) is 2.03. The van der Waals surface area contributed by atoms with Gasteiger partial charge in [-0.15, -0.1) is 0 Å². The van der Waals surface area contributed by atoms with Crippen molar-refractivity contribution < 1.29 is 0 Å². The SMILES string of the molecule is CC(C)c1ccc(C#N)nc1Cl. The Morgan fingerprint density at radius 3 is 2.58 bits per heavy atom. The largest absolute Gasteiger partial charge is 0.225 e. The minimum absolute atomic E-state index is 0.345. The van der Waals surface area contributed by atoms with Gasteiger partial charge in [-0.25, -0.2) is 4.98 Å². The first kappa shape index (κ1) is 9.02. The molecule has 0 spiro atoms. The highest BCUT2D eigenvalue weighted by Gasteiger charge is 2.06. The van der Waals surface area contributed by atoms with Crippen molar-refractivity contribution in [2.45, 2.75) is 19.8 Å². The van der Waals surface area contributed by atoms with Crippen LogP contribution >= 0.6 is 11.6 Å². The zero-order valence-electron chi connectivity index (χ0n) is 7.00.